The van der Waals surface area contributed by atoms with Crippen molar-refractivity contribution < 1.29 is 9.15 Å². The number of pyridine rings is 1. The van der Waals surface area contributed by atoms with Crippen molar-refractivity contribution in [3.8, 4) is 5.75 Å². The third-order valence-corrected chi connectivity index (χ3v) is 4.02. The number of aromatic nitrogens is 3. The van der Waals surface area contributed by atoms with E-state index < -0.39 is 0 Å². The van der Waals surface area contributed by atoms with Gasteiger partial charge in [0.15, 0.2) is 0 Å². The Labute approximate surface area is 134 Å². The van der Waals surface area contributed by atoms with E-state index in [1.54, 1.807) is 24.9 Å². The van der Waals surface area contributed by atoms with Crippen LogP contribution in [0.4, 0.5) is 0 Å². The highest BCUT2D eigenvalue weighted by Crippen LogP contribution is 2.23. The first-order valence-electron chi connectivity index (χ1n) is 7.67. The van der Waals surface area contributed by atoms with Crippen molar-refractivity contribution in [2.24, 2.45) is 0 Å². The molecule has 4 heterocycles. The van der Waals surface area contributed by atoms with E-state index in [9.17, 15) is 0 Å². The fourth-order valence-electron chi connectivity index (χ4n) is 2.97. The van der Waals surface area contributed by atoms with Gasteiger partial charge in [0.1, 0.15) is 12.4 Å². The molecule has 0 saturated carbocycles. The maximum Gasteiger partial charge on any atom is 0.137 e. The van der Waals surface area contributed by atoms with Crippen LogP contribution in [0.3, 0.4) is 0 Å². The molecule has 0 aromatic carbocycles. The monoisotopic (exact) mass is 310 g/mol. The van der Waals surface area contributed by atoms with Gasteiger partial charge in [-0.3, -0.25) is 14.6 Å². The van der Waals surface area contributed by atoms with Crippen LogP contribution < -0.4 is 4.74 Å². The fraction of sp³-hybridized carbons (Fsp3) is 0.294. The molecule has 0 aliphatic carbocycles. The first kappa shape index (κ1) is 14.0. The first-order valence-corrected chi connectivity index (χ1v) is 7.67. The van der Waals surface area contributed by atoms with Gasteiger partial charge in [0.25, 0.3) is 0 Å². The van der Waals surface area contributed by atoms with Crippen LogP contribution >= 0.6 is 0 Å². The Bertz CT molecular complexity index is 739. The fourth-order valence-corrected chi connectivity index (χ4v) is 2.97. The summed E-state index contributed by atoms with van der Waals surface area (Å²) in [6.07, 6.45) is 8.84. The van der Waals surface area contributed by atoms with Crippen LogP contribution in [0.5, 0.6) is 5.75 Å². The summed E-state index contributed by atoms with van der Waals surface area (Å²) in [4.78, 5) is 6.47. The van der Waals surface area contributed by atoms with Gasteiger partial charge < -0.3 is 9.15 Å². The minimum absolute atomic E-state index is 0.181. The molecule has 0 unspecified atom stereocenters. The van der Waals surface area contributed by atoms with Crippen molar-refractivity contribution in [3.05, 3.63) is 66.6 Å². The average Bonchev–Trinajstić information content (AvgIpc) is 3.25. The van der Waals surface area contributed by atoms with Crippen molar-refractivity contribution in [2.75, 3.05) is 13.2 Å². The Morgan fingerprint density at radius 3 is 3.09 bits per heavy atom. The van der Waals surface area contributed by atoms with Gasteiger partial charge in [-0.05, 0) is 24.3 Å². The topological polar surface area (TPSA) is 56.3 Å². The van der Waals surface area contributed by atoms with E-state index in [1.807, 2.05) is 24.4 Å². The quantitative estimate of drug-likeness (QED) is 0.725. The zero-order valence-corrected chi connectivity index (χ0v) is 12.7. The van der Waals surface area contributed by atoms with Gasteiger partial charge >= 0.3 is 0 Å². The van der Waals surface area contributed by atoms with Crippen molar-refractivity contribution in [2.45, 2.75) is 19.1 Å². The lowest BCUT2D eigenvalue weighted by atomic mass is 10.2. The molecule has 0 saturated heterocycles. The predicted molar refractivity (Wildman–Crippen MR) is 83.8 cm³/mol. The molecule has 118 valence electrons. The molecule has 6 heteroatoms. The van der Waals surface area contributed by atoms with E-state index in [0.717, 1.165) is 25.4 Å². The molecule has 4 rings (SSSR count). The van der Waals surface area contributed by atoms with E-state index in [-0.39, 0.29) is 6.04 Å². The minimum Gasteiger partial charge on any atom is -0.490 e. The molecule has 1 aliphatic rings. The molecule has 0 radical (unpaired) electrons. The van der Waals surface area contributed by atoms with Gasteiger partial charge in [0.05, 0.1) is 30.5 Å². The summed E-state index contributed by atoms with van der Waals surface area (Å²) in [7, 11) is 0. The van der Waals surface area contributed by atoms with Gasteiger partial charge in [0, 0.05) is 37.6 Å². The number of furan rings is 1. The second-order valence-electron chi connectivity index (χ2n) is 5.72. The lowest BCUT2D eigenvalue weighted by Gasteiger charge is -2.33. The van der Waals surface area contributed by atoms with Gasteiger partial charge in [0.2, 0.25) is 0 Å². The Morgan fingerprint density at radius 2 is 2.26 bits per heavy atom. The third kappa shape index (κ3) is 3.12. The van der Waals surface area contributed by atoms with Gasteiger partial charge in [-0.1, -0.05) is 0 Å². The largest absolute Gasteiger partial charge is 0.490 e. The number of rotatable bonds is 5. The van der Waals surface area contributed by atoms with Crippen LogP contribution in [0.1, 0.15) is 17.3 Å². The van der Waals surface area contributed by atoms with Gasteiger partial charge in [-0.15, -0.1) is 0 Å². The number of fused-ring (bicyclic) bond motifs is 1. The summed E-state index contributed by atoms with van der Waals surface area (Å²) in [5.41, 5.74) is 2.39. The molecule has 0 spiro atoms. The van der Waals surface area contributed by atoms with E-state index in [1.165, 1.54) is 11.3 Å². The van der Waals surface area contributed by atoms with Gasteiger partial charge in [-0.25, -0.2) is 0 Å². The lowest BCUT2D eigenvalue weighted by molar-refractivity contribution is 0.127. The zero-order chi connectivity index (χ0) is 15.5. The van der Waals surface area contributed by atoms with Crippen molar-refractivity contribution in [3.63, 3.8) is 0 Å². The molecular weight excluding hydrogens is 292 g/mol. The molecule has 1 aliphatic heterocycles. The summed E-state index contributed by atoms with van der Waals surface area (Å²) < 4.78 is 13.1. The molecule has 3 aromatic heterocycles. The highest BCUT2D eigenvalue weighted by molar-refractivity contribution is 5.16. The maximum absolute atomic E-state index is 5.89. The molecule has 0 bridgehead atoms. The third-order valence-electron chi connectivity index (χ3n) is 4.02. The molecule has 0 N–H and O–H groups in total. The van der Waals surface area contributed by atoms with E-state index in [0.29, 0.717) is 6.61 Å². The molecule has 0 amide bonds. The first-order chi connectivity index (χ1) is 11.4. The molecule has 0 fully saturated rings. The van der Waals surface area contributed by atoms with E-state index in [4.69, 9.17) is 9.15 Å². The normalized spacial score (nSPS) is 17.8. The number of hydrogen-bond donors (Lipinski definition) is 0. The van der Waals surface area contributed by atoms with Crippen LogP contribution in [0, 0.1) is 0 Å². The van der Waals surface area contributed by atoms with Gasteiger partial charge in [-0.2, -0.15) is 5.10 Å². The molecule has 3 aromatic rings. The molecule has 6 nitrogen and oxygen atoms in total. The lowest BCUT2D eigenvalue weighted by Crippen LogP contribution is -2.39. The minimum atomic E-state index is 0.181. The van der Waals surface area contributed by atoms with Crippen LogP contribution in [0.25, 0.3) is 0 Å². The number of ether oxygens (including phenoxy) is 1. The second-order valence-corrected chi connectivity index (χ2v) is 5.72. The standard InChI is InChI=1S/C17H18N4O2/c1-2-17(8-18-5-1)23-13-16-11-20(9-14-4-7-22-12-14)10-15-3-6-19-21(15)16/h1-8,12,16H,9-11,13H2/t16-/m1/s1. The van der Waals surface area contributed by atoms with Crippen molar-refractivity contribution >= 4 is 0 Å². The summed E-state index contributed by atoms with van der Waals surface area (Å²) in [5.74, 6) is 0.785. The van der Waals surface area contributed by atoms with Crippen LogP contribution in [0.2, 0.25) is 0 Å². The molecular formula is C17H18N4O2. The summed E-state index contributed by atoms with van der Waals surface area (Å²) in [6, 6.07) is 8.05. The Balaban J connectivity index is 1.47. The summed E-state index contributed by atoms with van der Waals surface area (Å²) >= 11 is 0. The Kier molecular flexibility index (Phi) is 3.81. The average molecular weight is 310 g/mol. The SMILES string of the molecule is c1cncc(OC[C@H]2CN(Cc3ccoc3)Cc3ccnn32)c1. The predicted octanol–water partition coefficient (Wildman–Crippen LogP) is 2.51. The highest BCUT2D eigenvalue weighted by atomic mass is 16.5. The Hall–Kier alpha value is -2.60. The maximum atomic E-state index is 5.89. The number of nitrogens with zero attached hydrogens (tertiary/aromatic N) is 4. The van der Waals surface area contributed by atoms with E-state index >= 15 is 0 Å². The Morgan fingerprint density at radius 1 is 1.26 bits per heavy atom. The van der Waals surface area contributed by atoms with Crippen LogP contribution in [-0.4, -0.2) is 32.8 Å². The molecule has 23 heavy (non-hydrogen) atoms. The summed E-state index contributed by atoms with van der Waals surface area (Å²) in [6.45, 7) is 3.21. The highest BCUT2D eigenvalue weighted by Gasteiger charge is 2.26. The van der Waals surface area contributed by atoms with Crippen molar-refractivity contribution in [1.82, 2.24) is 19.7 Å². The van der Waals surface area contributed by atoms with E-state index in [2.05, 4.69) is 25.7 Å². The zero-order valence-electron chi connectivity index (χ0n) is 12.7. The second kappa shape index (κ2) is 6.26. The van der Waals surface area contributed by atoms with Crippen LogP contribution in [-0.2, 0) is 13.1 Å². The smallest absolute Gasteiger partial charge is 0.137 e. The van der Waals surface area contributed by atoms with Crippen LogP contribution in [0.15, 0.2) is 59.8 Å². The van der Waals surface area contributed by atoms with Crippen molar-refractivity contribution in [1.29, 1.82) is 0 Å². The molecule has 1 atom stereocenters. The number of hydrogen-bond acceptors (Lipinski definition) is 5. The summed E-state index contributed by atoms with van der Waals surface area (Å²) in [5, 5.41) is 4.46.